The standard InChI is InChI=1S/C19H24N4O3/c1-4-6-11-20-17(24)16-12-13(3)21-19(23-16)22-15-10-8-7-9-14(15)18(25)26-5-2/h7-10,12H,4-6,11H2,1-3H3,(H,20,24)(H,21,22,23). The van der Waals surface area contributed by atoms with Gasteiger partial charge in [-0.1, -0.05) is 25.5 Å². The van der Waals surface area contributed by atoms with E-state index in [1.54, 1.807) is 44.2 Å². The van der Waals surface area contributed by atoms with Crippen LogP contribution < -0.4 is 10.6 Å². The number of benzene rings is 1. The lowest BCUT2D eigenvalue weighted by atomic mass is 10.2. The minimum atomic E-state index is -0.430. The van der Waals surface area contributed by atoms with Crippen LogP contribution in [0.3, 0.4) is 0 Å². The van der Waals surface area contributed by atoms with Gasteiger partial charge < -0.3 is 15.4 Å². The Balaban J connectivity index is 2.23. The molecule has 1 aromatic carbocycles. The van der Waals surface area contributed by atoms with Crippen LogP contribution in [0.2, 0.25) is 0 Å². The molecule has 138 valence electrons. The van der Waals surface area contributed by atoms with Crippen molar-refractivity contribution in [2.75, 3.05) is 18.5 Å². The van der Waals surface area contributed by atoms with Crippen LogP contribution in [0.15, 0.2) is 30.3 Å². The third kappa shape index (κ3) is 5.27. The number of carbonyl (C=O) groups is 2. The van der Waals surface area contributed by atoms with Crippen LogP contribution in [0, 0.1) is 6.92 Å². The molecular formula is C19H24N4O3. The van der Waals surface area contributed by atoms with Gasteiger partial charge in [-0.05, 0) is 38.5 Å². The zero-order valence-electron chi connectivity index (χ0n) is 15.3. The number of anilines is 2. The van der Waals surface area contributed by atoms with Gasteiger partial charge in [0, 0.05) is 12.2 Å². The Bertz CT molecular complexity index is 777. The molecule has 26 heavy (non-hydrogen) atoms. The Labute approximate surface area is 153 Å². The van der Waals surface area contributed by atoms with Gasteiger partial charge in [-0.2, -0.15) is 0 Å². The molecule has 0 fully saturated rings. The normalized spacial score (nSPS) is 10.3. The van der Waals surface area contributed by atoms with E-state index >= 15 is 0 Å². The van der Waals surface area contributed by atoms with Gasteiger partial charge in [0.25, 0.3) is 5.91 Å². The van der Waals surface area contributed by atoms with Crippen molar-refractivity contribution in [1.29, 1.82) is 0 Å². The average molecular weight is 356 g/mol. The van der Waals surface area contributed by atoms with E-state index in [0.29, 0.717) is 23.5 Å². The molecule has 2 rings (SSSR count). The first-order chi connectivity index (χ1) is 12.5. The van der Waals surface area contributed by atoms with Crippen LogP contribution in [0.25, 0.3) is 0 Å². The molecule has 1 amide bonds. The summed E-state index contributed by atoms with van der Waals surface area (Å²) in [5.74, 6) is -0.422. The highest BCUT2D eigenvalue weighted by atomic mass is 16.5. The van der Waals surface area contributed by atoms with Crippen molar-refractivity contribution in [1.82, 2.24) is 15.3 Å². The average Bonchev–Trinajstić information content (AvgIpc) is 2.62. The number of aryl methyl sites for hydroxylation is 1. The first kappa shape index (κ1) is 19.4. The molecule has 1 aromatic heterocycles. The zero-order valence-corrected chi connectivity index (χ0v) is 15.3. The maximum atomic E-state index is 12.2. The lowest BCUT2D eigenvalue weighted by molar-refractivity contribution is 0.0527. The number of nitrogens with one attached hydrogen (secondary N) is 2. The fourth-order valence-electron chi connectivity index (χ4n) is 2.31. The molecule has 0 radical (unpaired) electrons. The fraction of sp³-hybridized carbons (Fsp3) is 0.368. The number of unbranched alkanes of at least 4 members (excludes halogenated alkanes) is 1. The van der Waals surface area contributed by atoms with Crippen LogP contribution in [0.5, 0.6) is 0 Å². The van der Waals surface area contributed by atoms with E-state index in [2.05, 4.69) is 27.5 Å². The molecule has 0 saturated heterocycles. The van der Waals surface area contributed by atoms with Gasteiger partial charge in [0.1, 0.15) is 5.69 Å². The highest BCUT2D eigenvalue weighted by Crippen LogP contribution is 2.20. The number of para-hydroxylation sites is 1. The maximum Gasteiger partial charge on any atom is 0.340 e. The second-order valence-electron chi connectivity index (χ2n) is 5.72. The van der Waals surface area contributed by atoms with Crippen LogP contribution in [-0.2, 0) is 4.74 Å². The van der Waals surface area contributed by atoms with E-state index in [1.807, 2.05) is 0 Å². The molecule has 0 aliphatic carbocycles. The quantitative estimate of drug-likeness (QED) is 0.557. The largest absolute Gasteiger partial charge is 0.462 e. The number of aromatic nitrogens is 2. The van der Waals surface area contributed by atoms with Crippen molar-refractivity contribution >= 4 is 23.5 Å². The topological polar surface area (TPSA) is 93.2 Å². The summed E-state index contributed by atoms with van der Waals surface area (Å²) in [6.45, 7) is 6.49. The molecule has 7 heteroatoms. The lowest BCUT2D eigenvalue weighted by Crippen LogP contribution is -2.25. The number of ether oxygens (including phenoxy) is 1. The Hall–Kier alpha value is -2.96. The molecule has 0 atom stereocenters. The molecule has 2 aromatic rings. The van der Waals surface area contributed by atoms with E-state index in [4.69, 9.17) is 4.74 Å². The summed E-state index contributed by atoms with van der Waals surface area (Å²) in [5, 5.41) is 5.85. The van der Waals surface area contributed by atoms with Crippen LogP contribution in [0.1, 0.15) is 53.2 Å². The van der Waals surface area contributed by atoms with E-state index in [1.165, 1.54) is 0 Å². The molecule has 0 bridgehead atoms. The van der Waals surface area contributed by atoms with E-state index in [-0.39, 0.29) is 24.2 Å². The van der Waals surface area contributed by atoms with Crippen LogP contribution in [-0.4, -0.2) is 35.0 Å². The molecule has 0 aliphatic heterocycles. The molecule has 0 saturated carbocycles. The summed E-state index contributed by atoms with van der Waals surface area (Å²) < 4.78 is 5.06. The van der Waals surface area contributed by atoms with Gasteiger partial charge in [-0.15, -0.1) is 0 Å². The Kier molecular flexibility index (Phi) is 7.08. The van der Waals surface area contributed by atoms with Crippen molar-refractivity contribution in [3.05, 3.63) is 47.3 Å². The first-order valence-electron chi connectivity index (χ1n) is 8.72. The highest BCUT2D eigenvalue weighted by molar-refractivity contribution is 5.96. The number of carbonyl (C=O) groups excluding carboxylic acids is 2. The molecule has 7 nitrogen and oxygen atoms in total. The molecule has 2 N–H and O–H groups in total. The number of hydrogen-bond acceptors (Lipinski definition) is 6. The monoisotopic (exact) mass is 356 g/mol. The fourth-order valence-corrected chi connectivity index (χ4v) is 2.31. The van der Waals surface area contributed by atoms with Gasteiger partial charge in [-0.3, -0.25) is 4.79 Å². The minimum absolute atomic E-state index is 0.245. The highest BCUT2D eigenvalue weighted by Gasteiger charge is 2.15. The third-order valence-electron chi connectivity index (χ3n) is 3.57. The second kappa shape index (κ2) is 9.50. The smallest absolute Gasteiger partial charge is 0.340 e. The Morgan fingerprint density at radius 1 is 1.15 bits per heavy atom. The number of nitrogens with zero attached hydrogens (tertiary/aromatic N) is 2. The predicted molar refractivity (Wildman–Crippen MR) is 99.7 cm³/mol. The van der Waals surface area contributed by atoms with Crippen LogP contribution >= 0.6 is 0 Å². The molecule has 0 aliphatic rings. The first-order valence-corrected chi connectivity index (χ1v) is 8.72. The van der Waals surface area contributed by atoms with Crippen molar-refractivity contribution < 1.29 is 14.3 Å². The van der Waals surface area contributed by atoms with Crippen molar-refractivity contribution in [2.45, 2.75) is 33.6 Å². The third-order valence-corrected chi connectivity index (χ3v) is 3.57. The summed E-state index contributed by atoms with van der Waals surface area (Å²) in [4.78, 5) is 32.9. The van der Waals surface area contributed by atoms with E-state index < -0.39 is 5.97 Å². The molecular weight excluding hydrogens is 332 g/mol. The van der Waals surface area contributed by atoms with Gasteiger partial charge >= 0.3 is 5.97 Å². The zero-order chi connectivity index (χ0) is 18.9. The number of rotatable bonds is 8. The van der Waals surface area contributed by atoms with Crippen molar-refractivity contribution in [3.63, 3.8) is 0 Å². The number of esters is 1. The summed E-state index contributed by atoms with van der Waals surface area (Å²) in [6.07, 6.45) is 1.91. The van der Waals surface area contributed by atoms with Crippen molar-refractivity contribution in [3.8, 4) is 0 Å². The Morgan fingerprint density at radius 3 is 2.65 bits per heavy atom. The van der Waals surface area contributed by atoms with Crippen LogP contribution in [0.4, 0.5) is 11.6 Å². The SMILES string of the molecule is CCCCNC(=O)c1cc(C)nc(Nc2ccccc2C(=O)OCC)n1. The van der Waals surface area contributed by atoms with Gasteiger partial charge in [0.2, 0.25) is 5.95 Å². The van der Waals surface area contributed by atoms with Gasteiger partial charge in [0.15, 0.2) is 0 Å². The summed E-state index contributed by atoms with van der Waals surface area (Å²) in [6, 6.07) is 8.57. The van der Waals surface area contributed by atoms with Crippen molar-refractivity contribution in [2.24, 2.45) is 0 Å². The molecule has 0 spiro atoms. The van der Waals surface area contributed by atoms with E-state index in [0.717, 1.165) is 12.8 Å². The lowest BCUT2D eigenvalue weighted by Gasteiger charge is -2.11. The minimum Gasteiger partial charge on any atom is -0.462 e. The number of amides is 1. The molecule has 1 heterocycles. The number of hydrogen-bond donors (Lipinski definition) is 2. The summed E-state index contributed by atoms with van der Waals surface area (Å²) >= 11 is 0. The summed E-state index contributed by atoms with van der Waals surface area (Å²) in [5.41, 5.74) is 1.84. The summed E-state index contributed by atoms with van der Waals surface area (Å²) in [7, 11) is 0. The second-order valence-corrected chi connectivity index (χ2v) is 5.72. The Morgan fingerprint density at radius 2 is 1.92 bits per heavy atom. The molecule has 0 unspecified atom stereocenters. The van der Waals surface area contributed by atoms with E-state index in [9.17, 15) is 9.59 Å². The predicted octanol–water partition coefficient (Wildman–Crippen LogP) is 3.24. The maximum absolute atomic E-state index is 12.2. The van der Waals surface area contributed by atoms with Gasteiger partial charge in [-0.25, -0.2) is 14.8 Å². The van der Waals surface area contributed by atoms with Gasteiger partial charge in [0.05, 0.1) is 17.9 Å².